The van der Waals surface area contributed by atoms with Crippen LogP contribution >= 0.6 is 23.2 Å². The van der Waals surface area contributed by atoms with Crippen molar-refractivity contribution in [3.63, 3.8) is 0 Å². The number of hydroxylamine groups is 1. The van der Waals surface area contributed by atoms with E-state index in [-0.39, 0.29) is 16.5 Å². The van der Waals surface area contributed by atoms with E-state index in [4.69, 9.17) is 37.9 Å². The molecule has 0 spiro atoms. The summed E-state index contributed by atoms with van der Waals surface area (Å²) in [5, 5.41) is 9.06. The SMILES string of the molecule is COc1ccc(Oc2c(Cl)cc(CC(=O)NO)cc2Cl)cc1. The number of amides is 1. The number of benzene rings is 2. The number of halogens is 2. The number of hydrogen-bond acceptors (Lipinski definition) is 4. The molecular formula is C15H13Cl2NO4. The Balaban J connectivity index is 2.21. The molecule has 2 N–H and O–H groups in total. The summed E-state index contributed by atoms with van der Waals surface area (Å²) < 4.78 is 10.7. The molecule has 0 aliphatic rings. The zero-order chi connectivity index (χ0) is 16.1. The van der Waals surface area contributed by atoms with Gasteiger partial charge in [0.15, 0.2) is 5.75 Å². The van der Waals surface area contributed by atoms with Crippen molar-refractivity contribution in [3.05, 3.63) is 52.0 Å². The van der Waals surface area contributed by atoms with Gasteiger partial charge in [-0.25, -0.2) is 5.48 Å². The normalized spacial score (nSPS) is 10.2. The van der Waals surface area contributed by atoms with Crippen LogP contribution in [0.4, 0.5) is 0 Å². The Kier molecular flexibility index (Phi) is 5.49. The van der Waals surface area contributed by atoms with Crippen molar-refractivity contribution in [1.29, 1.82) is 0 Å². The molecule has 2 rings (SSSR count). The van der Waals surface area contributed by atoms with Crippen molar-refractivity contribution in [2.75, 3.05) is 7.11 Å². The molecule has 0 saturated heterocycles. The van der Waals surface area contributed by atoms with E-state index >= 15 is 0 Å². The average Bonchev–Trinajstić information content (AvgIpc) is 2.51. The highest BCUT2D eigenvalue weighted by molar-refractivity contribution is 6.37. The third-order valence-corrected chi connectivity index (χ3v) is 3.39. The lowest BCUT2D eigenvalue weighted by atomic mass is 10.1. The molecule has 7 heteroatoms. The van der Waals surface area contributed by atoms with Crippen molar-refractivity contribution < 1.29 is 19.5 Å². The van der Waals surface area contributed by atoms with Crippen LogP contribution in [0.5, 0.6) is 17.2 Å². The van der Waals surface area contributed by atoms with Crippen LogP contribution in [0.15, 0.2) is 36.4 Å². The van der Waals surface area contributed by atoms with Crippen LogP contribution in [0.3, 0.4) is 0 Å². The Bertz CT molecular complexity index is 651. The van der Waals surface area contributed by atoms with Crippen molar-refractivity contribution in [2.45, 2.75) is 6.42 Å². The number of ether oxygens (including phenoxy) is 2. The second-order valence-corrected chi connectivity index (χ2v) is 5.19. The maximum absolute atomic E-state index is 11.1. The number of hydrogen-bond donors (Lipinski definition) is 2. The first-order chi connectivity index (χ1) is 10.5. The fourth-order valence-corrected chi connectivity index (χ4v) is 2.41. The van der Waals surface area contributed by atoms with E-state index in [1.165, 1.54) is 0 Å². The fourth-order valence-electron chi connectivity index (χ4n) is 1.80. The van der Waals surface area contributed by atoms with E-state index < -0.39 is 5.91 Å². The van der Waals surface area contributed by atoms with Gasteiger partial charge in [-0.1, -0.05) is 23.2 Å². The van der Waals surface area contributed by atoms with Crippen LogP contribution < -0.4 is 15.0 Å². The first-order valence-corrected chi connectivity index (χ1v) is 7.02. The maximum atomic E-state index is 11.1. The molecule has 0 fully saturated rings. The van der Waals surface area contributed by atoms with E-state index in [0.717, 1.165) is 0 Å². The maximum Gasteiger partial charge on any atom is 0.247 e. The van der Waals surface area contributed by atoms with Gasteiger partial charge in [0.1, 0.15) is 11.5 Å². The minimum Gasteiger partial charge on any atom is -0.497 e. The highest BCUT2D eigenvalue weighted by Crippen LogP contribution is 2.37. The second-order valence-electron chi connectivity index (χ2n) is 4.38. The third-order valence-electron chi connectivity index (χ3n) is 2.83. The number of rotatable bonds is 5. The summed E-state index contributed by atoms with van der Waals surface area (Å²) in [5.41, 5.74) is 2.11. The summed E-state index contributed by atoms with van der Waals surface area (Å²) in [5.74, 6) is 0.984. The van der Waals surface area contributed by atoms with E-state index in [9.17, 15) is 4.79 Å². The van der Waals surface area contributed by atoms with Crippen LogP contribution in [-0.2, 0) is 11.2 Å². The van der Waals surface area contributed by atoms with Gasteiger partial charge in [-0.15, -0.1) is 0 Å². The zero-order valence-corrected chi connectivity index (χ0v) is 13.1. The molecule has 0 aromatic heterocycles. The summed E-state index contributed by atoms with van der Waals surface area (Å²) in [6, 6.07) is 10.1. The van der Waals surface area contributed by atoms with Crippen molar-refractivity contribution in [3.8, 4) is 17.2 Å². The van der Waals surface area contributed by atoms with Gasteiger partial charge in [0.05, 0.1) is 23.6 Å². The van der Waals surface area contributed by atoms with E-state index in [1.54, 1.807) is 49.0 Å². The van der Waals surface area contributed by atoms with Crippen LogP contribution in [-0.4, -0.2) is 18.2 Å². The molecule has 0 radical (unpaired) electrons. The molecule has 0 bridgehead atoms. The molecule has 2 aromatic carbocycles. The topological polar surface area (TPSA) is 67.8 Å². The van der Waals surface area contributed by atoms with Gasteiger partial charge in [-0.05, 0) is 42.0 Å². The van der Waals surface area contributed by atoms with Gasteiger partial charge < -0.3 is 9.47 Å². The smallest absolute Gasteiger partial charge is 0.247 e. The molecular weight excluding hydrogens is 329 g/mol. The Morgan fingerprint density at radius 2 is 1.68 bits per heavy atom. The van der Waals surface area contributed by atoms with E-state index in [2.05, 4.69) is 0 Å². The number of methoxy groups -OCH3 is 1. The molecule has 0 atom stereocenters. The van der Waals surface area contributed by atoms with Gasteiger partial charge in [0, 0.05) is 0 Å². The van der Waals surface area contributed by atoms with Crippen molar-refractivity contribution in [2.24, 2.45) is 0 Å². The number of carbonyl (C=O) groups is 1. The fraction of sp³-hybridized carbons (Fsp3) is 0.133. The first kappa shape index (κ1) is 16.4. The average molecular weight is 342 g/mol. The molecule has 22 heavy (non-hydrogen) atoms. The molecule has 0 unspecified atom stereocenters. The quantitative estimate of drug-likeness (QED) is 0.640. The van der Waals surface area contributed by atoms with Crippen LogP contribution in [0, 0.1) is 0 Å². The lowest BCUT2D eigenvalue weighted by Crippen LogP contribution is -2.20. The monoisotopic (exact) mass is 341 g/mol. The van der Waals surface area contributed by atoms with Crippen LogP contribution in [0.1, 0.15) is 5.56 Å². The molecule has 5 nitrogen and oxygen atoms in total. The zero-order valence-electron chi connectivity index (χ0n) is 11.6. The Labute approximate surface area is 137 Å². The van der Waals surface area contributed by atoms with Crippen molar-refractivity contribution in [1.82, 2.24) is 5.48 Å². The predicted octanol–water partition coefficient (Wildman–Crippen LogP) is 3.84. The van der Waals surface area contributed by atoms with Gasteiger partial charge in [-0.3, -0.25) is 10.0 Å². The molecule has 1 amide bonds. The standard InChI is InChI=1S/C15H13Cl2NO4/c1-21-10-2-4-11(5-3-10)22-15-12(16)6-9(7-13(15)17)8-14(19)18-20/h2-7,20H,8H2,1H3,(H,18,19). The minimum atomic E-state index is -0.559. The molecule has 0 aliphatic carbocycles. The highest BCUT2D eigenvalue weighted by atomic mass is 35.5. The van der Waals surface area contributed by atoms with E-state index in [0.29, 0.717) is 22.8 Å². The lowest BCUT2D eigenvalue weighted by molar-refractivity contribution is -0.128. The van der Waals surface area contributed by atoms with Crippen molar-refractivity contribution >= 4 is 29.1 Å². The number of carbonyl (C=O) groups excluding carboxylic acids is 1. The second kappa shape index (κ2) is 7.35. The van der Waals surface area contributed by atoms with Gasteiger partial charge in [-0.2, -0.15) is 0 Å². The number of nitrogens with one attached hydrogen (secondary N) is 1. The third kappa shape index (κ3) is 4.04. The summed E-state index contributed by atoms with van der Waals surface area (Å²) >= 11 is 12.3. The van der Waals surface area contributed by atoms with Gasteiger partial charge in [0.2, 0.25) is 5.91 Å². The summed E-state index contributed by atoms with van der Waals surface area (Å²) in [7, 11) is 1.57. The molecule has 0 aliphatic heterocycles. The highest BCUT2D eigenvalue weighted by Gasteiger charge is 2.13. The molecule has 0 saturated carbocycles. The summed E-state index contributed by atoms with van der Waals surface area (Å²) in [6.45, 7) is 0. The Morgan fingerprint density at radius 3 is 2.18 bits per heavy atom. The van der Waals surface area contributed by atoms with Crippen LogP contribution in [0.25, 0.3) is 0 Å². The Morgan fingerprint density at radius 1 is 1.14 bits per heavy atom. The molecule has 0 heterocycles. The van der Waals surface area contributed by atoms with Crippen LogP contribution in [0.2, 0.25) is 10.0 Å². The van der Waals surface area contributed by atoms with E-state index in [1.807, 2.05) is 0 Å². The Hall–Kier alpha value is -1.95. The first-order valence-electron chi connectivity index (χ1n) is 6.26. The lowest BCUT2D eigenvalue weighted by Gasteiger charge is -2.11. The predicted molar refractivity (Wildman–Crippen MR) is 83.2 cm³/mol. The summed E-state index contributed by atoms with van der Waals surface area (Å²) in [4.78, 5) is 11.1. The minimum absolute atomic E-state index is 0.0429. The van der Waals surface area contributed by atoms with Gasteiger partial charge in [0.25, 0.3) is 0 Å². The molecule has 2 aromatic rings. The largest absolute Gasteiger partial charge is 0.497 e. The van der Waals surface area contributed by atoms with Gasteiger partial charge >= 0.3 is 0 Å². The summed E-state index contributed by atoms with van der Waals surface area (Å²) in [6.07, 6.45) is -0.0429. The molecule has 116 valence electrons.